The summed E-state index contributed by atoms with van der Waals surface area (Å²) in [6, 6.07) is 1.34. The second kappa shape index (κ2) is 4.71. The van der Waals surface area contributed by atoms with E-state index in [0.717, 1.165) is 12.6 Å². The Labute approximate surface area is 90.2 Å². The SMILES string of the molecule is CC(C)CCC(C)(O)c1cncc(F)c1. The molecular weight excluding hydrogens is 193 g/mol. The van der Waals surface area contributed by atoms with Crippen LogP contribution in [0.5, 0.6) is 0 Å². The molecule has 0 radical (unpaired) electrons. The summed E-state index contributed by atoms with van der Waals surface area (Å²) in [5.41, 5.74) is -0.442. The summed E-state index contributed by atoms with van der Waals surface area (Å²) in [6.07, 6.45) is 4.19. The van der Waals surface area contributed by atoms with Crippen LogP contribution in [0.25, 0.3) is 0 Å². The Balaban J connectivity index is 2.76. The summed E-state index contributed by atoms with van der Waals surface area (Å²) in [6.45, 7) is 5.89. The Kier molecular flexibility index (Phi) is 3.80. The molecule has 1 aromatic heterocycles. The van der Waals surface area contributed by atoms with Crippen LogP contribution in [-0.4, -0.2) is 10.1 Å². The molecule has 0 aliphatic carbocycles. The van der Waals surface area contributed by atoms with Gasteiger partial charge >= 0.3 is 0 Å². The van der Waals surface area contributed by atoms with Crippen molar-refractivity contribution in [3.8, 4) is 0 Å². The summed E-state index contributed by atoms with van der Waals surface area (Å²) >= 11 is 0. The van der Waals surface area contributed by atoms with Gasteiger partial charge in [-0.2, -0.15) is 0 Å². The number of halogens is 1. The van der Waals surface area contributed by atoms with Crippen LogP contribution in [0.4, 0.5) is 4.39 Å². The first-order valence-electron chi connectivity index (χ1n) is 5.25. The maximum Gasteiger partial charge on any atom is 0.141 e. The molecule has 84 valence electrons. The molecule has 3 heteroatoms. The Morgan fingerprint density at radius 2 is 2.13 bits per heavy atom. The van der Waals surface area contributed by atoms with E-state index in [4.69, 9.17) is 0 Å². The molecule has 1 unspecified atom stereocenters. The van der Waals surface area contributed by atoms with Gasteiger partial charge in [0.15, 0.2) is 0 Å². The smallest absolute Gasteiger partial charge is 0.141 e. The summed E-state index contributed by atoms with van der Waals surface area (Å²) in [5, 5.41) is 10.2. The molecule has 0 spiro atoms. The highest BCUT2D eigenvalue weighted by molar-refractivity contribution is 5.17. The van der Waals surface area contributed by atoms with Crippen molar-refractivity contribution in [1.29, 1.82) is 0 Å². The van der Waals surface area contributed by atoms with E-state index < -0.39 is 11.4 Å². The molecule has 0 bridgehead atoms. The third kappa shape index (κ3) is 3.59. The zero-order valence-electron chi connectivity index (χ0n) is 9.50. The molecule has 0 fully saturated rings. The van der Waals surface area contributed by atoms with Gasteiger partial charge in [-0.3, -0.25) is 4.98 Å². The largest absolute Gasteiger partial charge is 0.385 e. The maximum absolute atomic E-state index is 12.9. The average Bonchev–Trinajstić information content (AvgIpc) is 2.15. The third-order valence-electron chi connectivity index (χ3n) is 2.54. The molecule has 1 rings (SSSR count). The molecule has 1 atom stereocenters. The monoisotopic (exact) mass is 211 g/mol. The first kappa shape index (κ1) is 12.1. The lowest BCUT2D eigenvalue weighted by atomic mass is 9.89. The Morgan fingerprint density at radius 1 is 1.47 bits per heavy atom. The minimum Gasteiger partial charge on any atom is -0.385 e. The van der Waals surface area contributed by atoms with Crippen LogP contribution in [-0.2, 0) is 5.60 Å². The molecular formula is C12H18FNO. The summed E-state index contributed by atoms with van der Waals surface area (Å²) in [7, 11) is 0. The van der Waals surface area contributed by atoms with Gasteiger partial charge in [0.25, 0.3) is 0 Å². The van der Waals surface area contributed by atoms with E-state index in [0.29, 0.717) is 17.9 Å². The standard InChI is InChI=1S/C12H18FNO/c1-9(2)4-5-12(3,15)10-6-11(13)8-14-7-10/h6-9,15H,4-5H2,1-3H3. The maximum atomic E-state index is 12.9. The first-order chi connectivity index (χ1) is 6.92. The van der Waals surface area contributed by atoms with Crippen LogP contribution < -0.4 is 0 Å². The molecule has 0 aliphatic rings. The fraction of sp³-hybridized carbons (Fsp3) is 0.583. The molecule has 0 saturated heterocycles. The van der Waals surface area contributed by atoms with Gasteiger partial charge in [-0.05, 0) is 31.7 Å². The number of hydrogen-bond acceptors (Lipinski definition) is 2. The van der Waals surface area contributed by atoms with Crippen LogP contribution in [0.2, 0.25) is 0 Å². The van der Waals surface area contributed by atoms with Gasteiger partial charge in [-0.15, -0.1) is 0 Å². The van der Waals surface area contributed by atoms with E-state index in [-0.39, 0.29) is 0 Å². The van der Waals surface area contributed by atoms with Gasteiger partial charge in [0.1, 0.15) is 5.82 Å². The van der Waals surface area contributed by atoms with Crippen molar-refractivity contribution in [3.63, 3.8) is 0 Å². The van der Waals surface area contributed by atoms with Crippen molar-refractivity contribution in [1.82, 2.24) is 4.98 Å². The molecule has 0 aliphatic heterocycles. The van der Waals surface area contributed by atoms with E-state index in [9.17, 15) is 9.50 Å². The molecule has 0 aromatic carbocycles. The third-order valence-corrected chi connectivity index (χ3v) is 2.54. The van der Waals surface area contributed by atoms with Crippen molar-refractivity contribution in [2.45, 2.75) is 39.2 Å². The Hall–Kier alpha value is -0.960. The highest BCUT2D eigenvalue weighted by Crippen LogP contribution is 2.27. The zero-order valence-corrected chi connectivity index (χ0v) is 9.50. The average molecular weight is 211 g/mol. The molecule has 0 amide bonds. The zero-order chi connectivity index (χ0) is 11.5. The predicted octanol–water partition coefficient (Wildman–Crippen LogP) is 2.86. The molecule has 2 nitrogen and oxygen atoms in total. The van der Waals surface area contributed by atoms with Gasteiger partial charge in [0, 0.05) is 11.8 Å². The molecule has 1 heterocycles. The highest BCUT2D eigenvalue weighted by Gasteiger charge is 2.23. The fourth-order valence-corrected chi connectivity index (χ4v) is 1.42. The molecule has 1 aromatic rings. The van der Waals surface area contributed by atoms with E-state index in [1.165, 1.54) is 12.3 Å². The van der Waals surface area contributed by atoms with Crippen LogP contribution in [0.1, 0.15) is 39.2 Å². The van der Waals surface area contributed by atoms with Gasteiger partial charge < -0.3 is 5.11 Å². The summed E-state index contributed by atoms with van der Waals surface area (Å²) < 4.78 is 12.9. The lowest BCUT2D eigenvalue weighted by molar-refractivity contribution is 0.0413. The van der Waals surface area contributed by atoms with Gasteiger partial charge in [0.05, 0.1) is 11.8 Å². The molecule has 0 saturated carbocycles. The number of rotatable bonds is 4. The molecule has 15 heavy (non-hydrogen) atoms. The van der Waals surface area contributed by atoms with Gasteiger partial charge in [-0.1, -0.05) is 13.8 Å². The summed E-state index contributed by atoms with van der Waals surface area (Å²) in [5.74, 6) is 0.121. The Bertz CT molecular complexity index is 323. The van der Waals surface area contributed by atoms with Crippen molar-refractivity contribution < 1.29 is 9.50 Å². The van der Waals surface area contributed by atoms with Crippen molar-refractivity contribution >= 4 is 0 Å². The normalized spacial score (nSPS) is 15.3. The quantitative estimate of drug-likeness (QED) is 0.830. The number of aromatic nitrogens is 1. The van der Waals surface area contributed by atoms with E-state index >= 15 is 0 Å². The predicted molar refractivity (Wildman–Crippen MR) is 57.8 cm³/mol. The van der Waals surface area contributed by atoms with E-state index in [1.807, 2.05) is 0 Å². The van der Waals surface area contributed by atoms with Gasteiger partial charge in [-0.25, -0.2) is 4.39 Å². The van der Waals surface area contributed by atoms with E-state index in [2.05, 4.69) is 18.8 Å². The number of aliphatic hydroxyl groups is 1. The summed E-state index contributed by atoms with van der Waals surface area (Å²) in [4.78, 5) is 3.74. The highest BCUT2D eigenvalue weighted by atomic mass is 19.1. The number of hydrogen-bond donors (Lipinski definition) is 1. The Morgan fingerprint density at radius 3 is 2.67 bits per heavy atom. The number of nitrogens with zero attached hydrogens (tertiary/aromatic N) is 1. The first-order valence-corrected chi connectivity index (χ1v) is 5.25. The minimum absolute atomic E-state index is 0.405. The van der Waals surface area contributed by atoms with E-state index in [1.54, 1.807) is 6.92 Å². The fourth-order valence-electron chi connectivity index (χ4n) is 1.42. The van der Waals surface area contributed by atoms with Crippen molar-refractivity contribution in [2.75, 3.05) is 0 Å². The molecule has 1 N–H and O–H groups in total. The van der Waals surface area contributed by atoms with Crippen LogP contribution >= 0.6 is 0 Å². The second-order valence-electron chi connectivity index (χ2n) is 4.60. The lowest BCUT2D eigenvalue weighted by Gasteiger charge is -2.24. The van der Waals surface area contributed by atoms with Crippen molar-refractivity contribution in [3.05, 3.63) is 29.8 Å². The van der Waals surface area contributed by atoms with Gasteiger partial charge in [0.2, 0.25) is 0 Å². The minimum atomic E-state index is -0.987. The van der Waals surface area contributed by atoms with Crippen LogP contribution in [0, 0.1) is 11.7 Å². The van der Waals surface area contributed by atoms with Crippen molar-refractivity contribution in [2.24, 2.45) is 5.92 Å². The second-order valence-corrected chi connectivity index (χ2v) is 4.60. The number of pyridine rings is 1. The topological polar surface area (TPSA) is 33.1 Å². The lowest BCUT2D eigenvalue weighted by Crippen LogP contribution is -2.22. The van der Waals surface area contributed by atoms with Crippen LogP contribution in [0.15, 0.2) is 18.5 Å². The van der Waals surface area contributed by atoms with Crippen LogP contribution in [0.3, 0.4) is 0 Å².